The molecule has 0 aromatic carbocycles. The summed E-state index contributed by atoms with van der Waals surface area (Å²) < 4.78 is 0. The molecular formula is C7H16ClNO. The van der Waals surface area contributed by atoms with Crippen molar-refractivity contribution in [2.45, 2.75) is 18.9 Å². The molecule has 0 saturated carbocycles. The maximum absolute atomic E-state index is 5.55. The van der Waals surface area contributed by atoms with Crippen LogP contribution in [0.2, 0.25) is 0 Å². The molecule has 3 heteroatoms. The van der Waals surface area contributed by atoms with E-state index in [-0.39, 0.29) is 23.9 Å². The van der Waals surface area contributed by atoms with Crippen LogP contribution in [0.15, 0.2) is 25.3 Å². The van der Waals surface area contributed by atoms with Gasteiger partial charge in [0.25, 0.3) is 0 Å². The molecule has 0 bridgehead atoms. The molecule has 0 aliphatic rings. The van der Waals surface area contributed by atoms with Gasteiger partial charge in [0, 0.05) is 6.04 Å². The number of hydrogen-bond acceptors (Lipinski definition) is 1. The number of nitrogens with two attached hydrogens (primary N) is 1. The van der Waals surface area contributed by atoms with Gasteiger partial charge in [-0.05, 0) is 12.8 Å². The van der Waals surface area contributed by atoms with Gasteiger partial charge in [0.15, 0.2) is 0 Å². The largest absolute Gasteiger partial charge is 0.412 e. The van der Waals surface area contributed by atoms with Crippen molar-refractivity contribution < 1.29 is 5.48 Å². The number of hydrogen-bond donors (Lipinski definition) is 1. The van der Waals surface area contributed by atoms with Gasteiger partial charge < -0.3 is 11.2 Å². The normalized spacial score (nSPS) is 7.40. The summed E-state index contributed by atoms with van der Waals surface area (Å²) in [6.07, 6.45) is 5.42. The second-order valence-corrected chi connectivity index (χ2v) is 1.81. The molecule has 0 spiro atoms. The first-order chi connectivity index (χ1) is 3.81. The molecule has 0 aromatic rings. The lowest BCUT2D eigenvalue weighted by Crippen LogP contribution is -2.17. The molecule has 10 heavy (non-hydrogen) atoms. The zero-order valence-electron chi connectivity index (χ0n) is 6.05. The van der Waals surface area contributed by atoms with Crippen molar-refractivity contribution in [1.29, 1.82) is 0 Å². The third-order valence-electron chi connectivity index (χ3n) is 0.939. The highest BCUT2D eigenvalue weighted by Gasteiger charge is 1.92. The third kappa shape index (κ3) is 10.6. The minimum Gasteiger partial charge on any atom is -0.412 e. The fourth-order valence-corrected chi connectivity index (χ4v) is 0.524. The average Bonchev–Trinajstić information content (AvgIpc) is 1.68. The smallest absolute Gasteiger partial charge is 0.0108 e. The Labute approximate surface area is 68.5 Å². The molecule has 0 rings (SSSR count). The molecule has 0 heterocycles. The molecule has 0 fully saturated rings. The summed E-state index contributed by atoms with van der Waals surface area (Å²) in [6, 6.07) is 0.227. The van der Waals surface area contributed by atoms with Crippen molar-refractivity contribution >= 4 is 12.4 Å². The molecule has 0 aromatic heterocycles. The number of halogens is 1. The summed E-state index contributed by atoms with van der Waals surface area (Å²) in [5.74, 6) is 0. The summed E-state index contributed by atoms with van der Waals surface area (Å²) in [4.78, 5) is 0. The minimum absolute atomic E-state index is 0. The second-order valence-electron chi connectivity index (χ2n) is 1.81. The van der Waals surface area contributed by atoms with E-state index in [1.807, 2.05) is 12.2 Å². The molecule has 0 aliphatic carbocycles. The van der Waals surface area contributed by atoms with E-state index in [0.717, 1.165) is 12.8 Å². The van der Waals surface area contributed by atoms with E-state index >= 15 is 0 Å². The molecule has 0 unspecified atom stereocenters. The van der Waals surface area contributed by atoms with Gasteiger partial charge >= 0.3 is 0 Å². The van der Waals surface area contributed by atoms with Gasteiger partial charge in [0.05, 0.1) is 0 Å². The third-order valence-corrected chi connectivity index (χ3v) is 0.939. The fourth-order valence-electron chi connectivity index (χ4n) is 0.524. The van der Waals surface area contributed by atoms with Crippen molar-refractivity contribution in [1.82, 2.24) is 0 Å². The quantitative estimate of drug-likeness (QED) is 0.623. The molecule has 4 N–H and O–H groups in total. The number of rotatable bonds is 4. The van der Waals surface area contributed by atoms with Crippen LogP contribution in [0.25, 0.3) is 0 Å². The Hall–Kier alpha value is -0.310. The first-order valence-electron chi connectivity index (χ1n) is 2.78. The van der Waals surface area contributed by atoms with Crippen LogP contribution in [0.4, 0.5) is 0 Å². The second kappa shape index (κ2) is 11.5. The van der Waals surface area contributed by atoms with Crippen LogP contribution in [0.1, 0.15) is 12.8 Å². The molecule has 2 nitrogen and oxygen atoms in total. The zero-order chi connectivity index (χ0) is 6.41. The van der Waals surface area contributed by atoms with E-state index < -0.39 is 0 Å². The Balaban J connectivity index is -0.000000245. The Kier molecular flexibility index (Phi) is 18.8. The van der Waals surface area contributed by atoms with Crippen molar-refractivity contribution in [3.05, 3.63) is 25.3 Å². The lowest BCUT2D eigenvalue weighted by molar-refractivity contribution is 0.696. The van der Waals surface area contributed by atoms with Crippen LogP contribution in [0, 0.1) is 0 Å². The first kappa shape index (κ1) is 16.3. The molecular weight excluding hydrogens is 150 g/mol. The van der Waals surface area contributed by atoms with Crippen LogP contribution in [-0.2, 0) is 0 Å². The summed E-state index contributed by atoms with van der Waals surface area (Å²) in [5, 5.41) is 0. The van der Waals surface area contributed by atoms with Crippen molar-refractivity contribution in [2.24, 2.45) is 5.73 Å². The van der Waals surface area contributed by atoms with E-state index in [1.165, 1.54) is 0 Å². The standard InChI is InChI=1S/C7H13N.ClH.H2O/c1-3-5-7(8)6-4-2;;/h3-4,7H,1-2,5-6,8H2;1H;1H2. The summed E-state index contributed by atoms with van der Waals surface area (Å²) >= 11 is 0. The van der Waals surface area contributed by atoms with Gasteiger partial charge in [0.2, 0.25) is 0 Å². The maximum Gasteiger partial charge on any atom is 0.0108 e. The van der Waals surface area contributed by atoms with Crippen LogP contribution < -0.4 is 5.73 Å². The van der Waals surface area contributed by atoms with E-state index in [1.54, 1.807) is 0 Å². The SMILES string of the molecule is C=CCC(N)CC=C.Cl.O. The predicted molar refractivity (Wildman–Crippen MR) is 48.5 cm³/mol. The van der Waals surface area contributed by atoms with E-state index in [4.69, 9.17) is 5.73 Å². The van der Waals surface area contributed by atoms with Gasteiger partial charge in [-0.25, -0.2) is 0 Å². The van der Waals surface area contributed by atoms with Crippen LogP contribution in [0.3, 0.4) is 0 Å². The fraction of sp³-hybridized carbons (Fsp3) is 0.429. The Bertz CT molecular complexity index is 75.7. The van der Waals surface area contributed by atoms with E-state index in [2.05, 4.69) is 13.2 Å². The molecule has 0 amide bonds. The van der Waals surface area contributed by atoms with Crippen LogP contribution in [0.5, 0.6) is 0 Å². The maximum atomic E-state index is 5.55. The zero-order valence-corrected chi connectivity index (χ0v) is 6.86. The molecule has 62 valence electrons. The highest BCUT2D eigenvalue weighted by molar-refractivity contribution is 5.85. The predicted octanol–water partition coefficient (Wildman–Crippen LogP) is 1.06. The summed E-state index contributed by atoms with van der Waals surface area (Å²) in [5.41, 5.74) is 5.55. The van der Waals surface area contributed by atoms with Crippen molar-refractivity contribution in [3.8, 4) is 0 Å². The van der Waals surface area contributed by atoms with Crippen LogP contribution in [-0.4, -0.2) is 11.5 Å². The van der Waals surface area contributed by atoms with E-state index in [9.17, 15) is 0 Å². The van der Waals surface area contributed by atoms with Gasteiger partial charge in [-0.2, -0.15) is 0 Å². The van der Waals surface area contributed by atoms with Gasteiger partial charge in [0.1, 0.15) is 0 Å². The molecule has 0 aliphatic heterocycles. The first-order valence-corrected chi connectivity index (χ1v) is 2.78. The molecule has 0 atom stereocenters. The topological polar surface area (TPSA) is 57.5 Å². The highest BCUT2D eigenvalue weighted by atomic mass is 35.5. The monoisotopic (exact) mass is 165 g/mol. The van der Waals surface area contributed by atoms with Gasteiger partial charge in [-0.1, -0.05) is 12.2 Å². The Morgan fingerprint density at radius 1 is 1.20 bits per heavy atom. The van der Waals surface area contributed by atoms with E-state index in [0.29, 0.717) is 0 Å². The Morgan fingerprint density at radius 2 is 1.50 bits per heavy atom. The van der Waals surface area contributed by atoms with Gasteiger partial charge in [-0.15, -0.1) is 25.6 Å². The van der Waals surface area contributed by atoms with Crippen LogP contribution >= 0.6 is 12.4 Å². The van der Waals surface area contributed by atoms with Crippen molar-refractivity contribution in [2.75, 3.05) is 0 Å². The minimum atomic E-state index is 0. The lowest BCUT2D eigenvalue weighted by atomic mass is 10.1. The average molecular weight is 166 g/mol. The Morgan fingerprint density at radius 3 is 1.70 bits per heavy atom. The van der Waals surface area contributed by atoms with Crippen molar-refractivity contribution in [3.63, 3.8) is 0 Å². The highest BCUT2D eigenvalue weighted by Crippen LogP contribution is 1.93. The summed E-state index contributed by atoms with van der Waals surface area (Å²) in [7, 11) is 0. The van der Waals surface area contributed by atoms with Gasteiger partial charge in [-0.3, -0.25) is 0 Å². The summed E-state index contributed by atoms with van der Waals surface area (Å²) in [6.45, 7) is 7.14. The molecule has 0 radical (unpaired) electrons. The molecule has 0 saturated heterocycles. The lowest BCUT2D eigenvalue weighted by Gasteiger charge is -2.01.